The largest absolute Gasteiger partial charge is 0.393 e. The van der Waals surface area contributed by atoms with Crippen molar-refractivity contribution in [3.05, 3.63) is 0 Å². The van der Waals surface area contributed by atoms with Crippen LogP contribution in [-0.4, -0.2) is 55.2 Å². The van der Waals surface area contributed by atoms with Crippen LogP contribution >= 0.6 is 0 Å². The summed E-state index contributed by atoms with van der Waals surface area (Å²) in [5.74, 6) is 0.936. The molecule has 3 unspecified atom stereocenters. The maximum atomic E-state index is 11.9. The van der Waals surface area contributed by atoms with Crippen LogP contribution in [0.1, 0.15) is 58.3 Å². The third-order valence-electron chi connectivity index (χ3n) is 5.14. The van der Waals surface area contributed by atoms with Gasteiger partial charge in [-0.1, -0.05) is 26.2 Å². The van der Waals surface area contributed by atoms with E-state index in [0.29, 0.717) is 30.7 Å². The Morgan fingerprint density at radius 3 is 2.48 bits per heavy atom. The molecule has 0 amide bonds. The number of hydrogen-bond donors (Lipinski definition) is 1. The van der Waals surface area contributed by atoms with Crippen molar-refractivity contribution in [3.8, 4) is 0 Å². The lowest BCUT2D eigenvalue weighted by atomic mass is 9.78. The maximum Gasteiger partial charge on any atom is 0.151 e. The zero-order valence-corrected chi connectivity index (χ0v) is 14.2. The van der Waals surface area contributed by atoms with Gasteiger partial charge in [-0.15, -0.1) is 0 Å². The van der Waals surface area contributed by atoms with Gasteiger partial charge in [0, 0.05) is 24.3 Å². The average molecular weight is 317 g/mol. The molecule has 0 aromatic heterocycles. The van der Waals surface area contributed by atoms with E-state index in [1.807, 2.05) is 6.92 Å². The Kier molecular flexibility index (Phi) is 6.51. The first-order valence-electron chi connectivity index (χ1n) is 8.66. The first-order valence-corrected chi connectivity index (χ1v) is 10.5. The zero-order chi connectivity index (χ0) is 15.3. The SMILES string of the molecule is CCCS(=O)(=O)CCN1CCCCC1C1CCCCC1O. The predicted octanol–water partition coefficient (Wildman–Crippen LogP) is 2.22. The fourth-order valence-electron chi connectivity index (χ4n) is 4.04. The molecule has 0 spiro atoms. The molecule has 4 nitrogen and oxygen atoms in total. The highest BCUT2D eigenvalue weighted by atomic mass is 32.2. The molecule has 2 aliphatic rings. The quantitative estimate of drug-likeness (QED) is 0.816. The molecule has 1 saturated heterocycles. The number of aliphatic hydroxyl groups excluding tert-OH is 1. The van der Waals surface area contributed by atoms with Crippen LogP contribution in [0.3, 0.4) is 0 Å². The van der Waals surface area contributed by atoms with Gasteiger partial charge in [-0.05, 0) is 38.6 Å². The van der Waals surface area contributed by atoms with Crippen molar-refractivity contribution >= 4 is 9.84 Å². The molecule has 21 heavy (non-hydrogen) atoms. The summed E-state index contributed by atoms with van der Waals surface area (Å²) in [6, 6.07) is 0.394. The number of piperidine rings is 1. The van der Waals surface area contributed by atoms with E-state index in [1.54, 1.807) is 0 Å². The van der Waals surface area contributed by atoms with Crippen molar-refractivity contribution in [1.82, 2.24) is 4.90 Å². The standard InChI is InChI=1S/C16H31NO3S/c1-2-12-21(19,20)13-11-17-10-6-5-8-15(17)14-7-3-4-9-16(14)18/h14-16,18H,2-13H2,1H3. The van der Waals surface area contributed by atoms with Crippen LogP contribution in [0.4, 0.5) is 0 Å². The van der Waals surface area contributed by atoms with Crippen molar-refractivity contribution in [2.75, 3.05) is 24.6 Å². The third-order valence-corrected chi connectivity index (χ3v) is 6.98. The molecule has 2 fully saturated rings. The van der Waals surface area contributed by atoms with Crippen LogP contribution in [0, 0.1) is 5.92 Å². The Labute approximate surface area is 129 Å². The lowest BCUT2D eigenvalue weighted by molar-refractivity contribution is -0.00332. The van der Waals surface area contributed by atoms with Gasteiger partial charge in [0.25, 0.3) is 0 Å². The molecule has 0 aromatic carbocycles. The molecule has 1 heterocycles. The molecular formula is C16H31NO3S. The number of nitrogens with zero attached hydrogens (tertiary/aromatic N) is 1. The van der Waals surface area contributed by atoms with Gasteiger partial charge >= 0.3 is 0 Å². The molecule has 1 aliphatic carbocycles. The van der Waals surface area contributed by atoms with Crippen LogP contribution in [0.2, 0.25) is 0 Å². The smallest absolute Gasteiger partial charge is 0.151 e. The average Bonchev–Trinajstić information content (AvgIpc) is 2.46. The number of likely N-dealkylation sites (tertiary alicyclic amines) is 1. The summed E-state index contributed by atoms with van der Waals surface area (Å²) < 4.78 is 23.9. The maximum absolute atomic E-state index is 11.9. The van der Waals surface area contributed by atoms with Crippen molar-refractivity contribution in [3.63, 3.8) is 0 Å². The zero-order valence-electron chi connectivity index (χ0n) is 13.3. The number of hydrogen-bond acceptors (Lipinski definition) is 4. The lowest BCUT2D eigenvalue weighted by Crippen LogP contribution is -2.50. The van der Waals surface area contributed by atoms with Crippen molar-refractivity contribution in [2.45, 2.75) is 70.4 Å². The van der Waals surface area contributed by atoms with E-state index in [2.05, 4.69) is 4.90 Å². The fraction of sp³-hybridized carbons (Fsp3) is 1.00. The fourth-order valence-corrected chi connectivity index (χ4v) is 5.38. The number of rotatable bonds is 6. The summed E-state index contributed by atoms with van der Waals surface area (Å²) in [5, 5.41) is 10.3. The summed E-state index contributed by atoms with van der Waals surface area (Å²) in [6.45, 7) is 3.56. The molecule has 2 rings (SSSR count). The number of aliphatic hydroxyl groups is 1. The van der Waals surface area contributed by atoms with Gasteiger partial charge in [0.05, 0.1) is 11.9 Å². The van der Waals surface area contributed by atoms with Gasteiger partial charge in [0.1, 0.15) is 0 Å². The molecule has 124 valence electrons. The monoisotopic (exact) mass is 317 g/mol. The Bertz CT molecular complexity index is 410. The van der Waals surface area contributed by atoms with E-state index < -0.39 is 9.84 Å². The highest BCUT2D eigenvalue weighted by molar-refractivity contribution is 7.91. The Hall–Kier alpha value is -0.130. The molecule has 0 radical (unpaired) electrons. The summed E-state index contributed by atoms with van der Waals surface area (Å²) in [5.41, 5.74) is 0. The summed E-state index contributed by atoms with van der Waals surface area (Å²) >= 11 is 0. The van der Waals surface area contributed by atoms with E-state index in [0.717, 1.165) is 38.6 Å². The van der Waals surface area contributed by atoms with E-state index in [1.165, 1.54) is 12.8 Å². The van der Waals surface area contributed by atoms with Gasteiger partial charge < -0.3 is 5.11 Å². The number of sulfone groups is 1. The first kappa shape index (κ1) is 17.2. The van der Waals surface area contributed by atoms with Crippen LogP contribution in [0.15, 0.2) is 0 Å². The Morgan fingerprint density at radius 1 is 1.05 bits per heavy atom. The minimum Gasteiger partial charge on any atom is -0.393 e. The van der Waals surface area contributed by atoms with Gasteiger partial charge in [0.15, 0.2) is 9.84 Å². The highest BCUT2D eigenvalue weighted by Crippen LogP contribution is 2.33. The minimum absolute atomic E-state index is 0.184. The lowest BCUT2D eigenvalue weighted by Gasteiger charge is -2.43. The topological polar surface area (TPSA) is 57.6 Å². The van der Waals surface area contributed by atoms with Crippen molar-refractivity contribution < 1.29 is 13.5 Å². The van der Waals surface area contributed by atoms with Gasteiger partial charge in [-0.3, -0.25) is 4.90 Å². The first-order chi connectivity index (χ1) is 10.0. The molecule has 0 bridgehead atoms. The predicted molar refractivity (Wildman–Crippen MR) is 86.1 cm³/mol. The van der Waals surface area contributed by atoms with Gasteiger partial charge in [0.2, 0.25) is 0 Å². The second-order valence-electron chi connectivity index (χ2n) is 6.77. The second-order valence-corrected chi connectivity index (χ2v) is 9.07. The van der Waals surface area contributed by atoms with Crippen molar-refractivity contribution in [2.24, 2.45) is 5.92 Å². The van der Waals surface area contributed by atoms with Gasteiger partial charge in [-0.2, -0.15) is 0 Å². The van der Waals surface area contributed by atoms with Crippen LogP contribution in [0.5, 0.6) is 0 Å². The molecule has 1 N–H and O–H groups in total. The summed E-state index contributed by atoms with van der Waals surface area (Å²) in [4.78, 5) is 2.36. The van der Waals surface area contributed by atoms with E-state index in [-0.39, 0.29) is 11.9 Å². The normalized spacial score (nSPS) is 32.2. The molecule has 5 heteroatoms. The summed E-state index contributed by atoms with van der Waals surface area (Å²) in [7, 11) is -2.90. The molecule has 1 saturated carbocycles. The Balaban J connectivity index is 1.95. The highest BCUT2D eigenvalue weighted by Gasteiger charge is 2.35. The van der Waals surface area contributed by atoms with Crippen molar-refractivity contribution in [1.29, 1.82) is 0 Å². The molecule has 1 aliphatic heterocycles. The summed E-state index contributed by atoms with van der Waals surface area (Å²) in [6.07, 6.45) is 8.38. The minimum atomic E-state index is -2.90. The molecule has 3 atom stereocenters. The van der Waals surface area contributed by atoms with Crippen LogP contribution < -0.4 is 0 Å². The molecule has 0 aromatic rings. The third kappa shape index (κ3) is 4.93. The van der Waals surface area contributed by atoms with E-state index in [4.69, 9.17) is 0 Å². The Morgan fingerprint density at radius 2 is 1.76 bits per heavy atom. The molecular weight excluding hydrogens is 286 g/mol. The van der Waals surface area contributed by atoms with E-state index >= 15 is 0 Å². The van der Waals surface area contributed by atoms with Gasteiger partial charge in [-0.25, -0.2) is 8.42 Å². The second kappa shape index (κ2) is 7.93. The van der Waals surface area contributed by atoms with E-state index in [9.17, 15) is 13.5 Å². The van der Waals surface area contributed by atoms with Crippen LogP contribution in [-0.2, 0) is 9.84 Å². The van der Waals surface area contributed by atoms with Crippen LogP contribution in [0.25, 0.3) is 0 Å².